The Morgan fingerprint density at radius 3 is 2.77 bits per heavy atom. The van der Waals surface area contributed by atoms with E-state index in [1.165, 1.54) is 12.1 Å². The van der Waals surface area contributed by atoms with E-state index >= 15 is 0 Å². The van der Waals surface area contributed by atoms with Gasteiger partial charge in [-0.05, 0) is 31.2 Å². The summed E-state index contributed by atoms with van der Waals surface area (Å²) in [6.45, 7) is 0.912. The first-order valence-corrected chi connectivity index (χ1v) is 4.75. The molecule has 1 aliphatic heterocycles. The van der Waals surface area contributed by atoms with Crippen molar-refractivity contribution in [2.75, 3.05) is 11.9 Å². The highest BCUT2D eigenvalue weighted by Gasteiger charge is 2.09. The third kappa shape index (κ3) is 2.31. The third-order valence-electron chi connectivity index (χ3n) is 2.24. The van der Waals surface area contributed by atoms with Gasteiger partial charge in [0.05, 0.1) is 6.54 Å². The zero-order chi connectivity index (χ0) is 8.93. The van der Waals surface area contributed by atoms with Gasteiger partial charge in [-0.3, -0.25) is 4.99 Å². The smallest absolute Gasteiger partial charge is 0.0587 e. The Kier molecular flexibility index (Phi) is 2.60. The average molecular weight is 174 g/mol. The van der Waals surface area contributed by atoms with Crippen molar-refractivity contribution >= 4 is 11.9 Å². The zero-order valence-electron chi connectivity index (χ0n) is 7.61. The van der Waals surface area contributed by atoms with Gasteiger partial charge in [-0.25, -0.2) is 0 Å². The van der Waals surface area contributed by atoms with Crippen molar-refractivity contribution in [3.8, 4) is 0 Å². The minimum Gasteiger partial charge on any atom is -0.380 e. The van der Waals surface area contributed by atoms with Crippen molar-refractivity contribution in [2.45, 2.75) is 18.9 Å². The van der Waals surface area contributed by atoms with Gasteiger partial charge in [0, 0.05) is 11.7 Å². The Bertz CT molecular complexity index is 279. The van der Waals surface area contributed by atoms with Gasteiger partial charge in [-0.1, -0.05) is 18.2 Å². The van der Waals surface area contributed by atoms with E-state index in [1.54, 1.807) is 0 Å². The Morgan fingerprint density at radius 2 is 2.08 bits per heavy atom. The molecule has 13 heavy (non-hydrogen) atoms. The van der Waals surface area contributed by atoms with E-state index in [0.29, 0.717) is 6.04 Å². The maximum Gasteiger partial charge on any atom is 0.0587 e. The molecule has 0 aromatic heterocycles. The molecule has 0 amide bonds. The molecule has 0 aliphatic carbocycles. The number of anilines is 1. The monoisotopic (exact) mass is 174 g/mol. The molecule has 0 bridgehead atoms. The van der Waals surface area contributed by atoms with Gasteiger partial charge in [0.1, 0.15) is 0 Å². The van der Waals surface area contributed by atoms with E-state index in [4.69, 9.17) is 0 Å². The largest absolute Gasteiger partial charge is 0.380 e. The Hall–Kier alpha value is -1.31. The van der Waals surface area contributed by atoms with Crippen LogP contribution < -0.4 is 5.32 Å². The van der Waals surface area contributed by atoms with E-state index in [2.05, 4.69) is 34.6 Å². The fourth-order valence-electron chi connectivity index (χ4n) is 1.55. The normalized spacial score (nSPS) is 21.4. The number of nitrogens with one attached hydrogen (secondary N) is 1. The van der Waals surface area contributed by atoms with Gasteiger partial charge in [0.2, 0.25) is 0 Å². The van der Waals surface area contributed by atoms with Crippen molar-refractivity contribution in [3.05, 3.63) is 30.3 Å². The fraction of sp³-hybridized carbons (Fsp3) is 0.364. The van der Waals surface area contributed by atoms with Crippen LogP contribution in [0.15, 0.2) is 35.3 Å². The summed E-state index contributed by atoms with van der Waals surface area (Å²) >= 11 is 0. The van der Waals surface area contributed by atoms with E-state index in [-0.39, 0.29) is 0 Å². The highest BCUT2D eigenvalue weighted by molar-refractivity contribution is 5.58. The summed E-state index contributed by atoms with van der Waals surface area (Å²) in [5.74, 6) is 0. The molecule has 0 fully saturated rings. The first-order valence-electron chi connectivity index (χ1n) is 4.75. The van der Waals surface area contributed by atoms with Gasteiger partial charge in [0.25, 0.3) is 0 Å². The van der Waals surface area contributed by atoms with Crippen LogP contribution in [0.4, 0.5) is 5.69 Å². The maximum atomic E-state index is 4.27. The highest BCUT2D eigenvalue weighted by atomic mass is 15.0. The minimum atomic E-state index is 0.521. The van der Waals surface area contributed by atoms with E-state index < -0.39 is 0 Å². The molecule has 0 saturated carbocycles. The summed E-state index contributed by atoms with van der Waals surface area (Å²) in [4.78, 5) is 4.27. The molecular weight excluding hydrogens is 160 g/mol. The lowest BCUT2D eigenvalue weighted by molar-refractivity contribution is 0.661. The van der Waals surface area contributed by atoms with Crippen molar-refractivity contribution in [1.82, 2.24) is 0 Å². The SMILES string of the molecule is C1=NCC(Nc2ccccc2)CC1. The van der Waals surface area contributed by atoms with Crippen LogP contribution in [0.25, 0.3) is 0 Å². The van der Waals surface area contributed by atoms with Crippen LogP contribution in [0.2, 0.25) is 0 Å². The van der Waals surface area contributed by atoms with Crippen LogP contribution in [0.3, 0.4) is 0 Å². The summed E-state index contributed by atoms with van der Waals surface area (Å²) < 4.78 is 0. The second kappa shape index (κ2) is 4.08. The molecule has 2 heteroatoms. The summed E-state index contributed by atoms with van der Waals surface area (Å²) in [5.41, 5.74) is 1.20. The number of benzene rings is 1. The van der Waals surface area contributed by atoms with Crippen molar-refractivity contribution < 1.29 is 0 Å². The lowest BCUT2D eigenvalue weighted by Crippen LogP contribution is -2.25. The molecule has 1 heterocycles. The number of aliphatic imine (C=N–C) groups is 1. The standard InChI is InChI=1S/C11H14N2/c1-2-5-10(6-3-1)13-11-7-4-8-12-9-11/h1-3,5-6,8,11,13H,4,7,9H2. The summed E-state index contributed by atoms with van der Waals surface area (Å²) in [5, 5.41) is 3.47. The van der Waals surface area contributed by atoms with Crippen molar-refractivity contribution in [3.63, 3.8) is 0 Å². The predicted octanol–water partition coefficient (Wildman–Crippen LogP) is 2.33. The zero-order valence-corrected chi connectivity index (χ0v) is 7.61. The van der Waals surface area contributed by atoms with E-state index in [9.17, 15) is 0 Å². The van der Waals surface area contributed by atoms with Gasteiger partial charge in [-0.15, -0.1) is 0 Å². The Balaban J connectivity index is 1.94. The van der Waals surface area contributed by atoms with E-state index in [0.717, 1.165) is 13.0 Å². The number of hydrogen-bond acceptors (Lipinski definition) is 2. The van der Waals surface area contributed by atoms with Crippen LogP contribution in [0.5, 0.6) is 0 Å². The van der Waals surface area contributed by atoms with Gasteiger partial charge in [-0.2, -0.15) is 0 Å². The van der Waals surface area contributed by atoms with Crippen LogP contribution in [0, 0.1) is 0 Å². The highest BCUT2D eigenvalue weighted by Crippen LogP contribution is 2.11. The number of nitrogens with zero attached hydrogens (tertiary/aromatic N) is 1. The summed E-state index contributed by atoms with van der Waals surface area (Å²) in [6.07, 6.45) is 4.31. The van der Waals surface area contributed by atoms with Gasteiger partial charge < -0.3 is 5.32 Å². The molecule has 1 aromatic carbocycles. The minimum absolute atomic E-state index is 0.521. The Labute approximate surface area is 78.7 Å². The molecule has 1 aliphatic rings. The lowest BCUT2D eigenvalue weighted by atomic mass is 10.1. The molecule has 1 atom stereocenters. The predicted molar refractivity (Wildman–Crippen MR) is 56.4 cm³/mol. The molecule has 0 saturated heterocycles. The van der Waals surface area contributed by atoms with Crippen LogP contribution in [-0.4, -0.2) is 18.8 Å². The Morgan fingerprint density at radius 1 is 1.23 bits per heavy atom. The first kappa shape index (κ1) is 8.30. The van der Waals surface area contributed by atoms with E-state index in [1.807, 2.05) is 12.3 Å². The number of hydrogen-bond donors (Lipinski definition) is 1. The quantitative estimate of drug-likeness (QED) is 0.731. The first-order chi connectivity index (χ1) is 6.45. The average Bonchev–Trinajstić information content (AvgIpc) is 2.21. The molecule has 0 spiro atoms. The lowest BCUT2D eigenvalue weighted by Gasteiger charge is -2.19. The second-order valence-electron chi connectivity index (χ2n) is 3.33. The summed E-state index contributed by atoms with van der Waals surface area (Å²) in [7, 11) is 0. The van der Waals surface area contributed by atoms with Gasteiger partial charge in [0.15, 0.2) is 0 Å². The van der Waals surface area contributed by atoms with Crippen molar-refractivity contribution in [1.29, 1.82) is 0 Å². The molecule has 0 radical (unpaired) electrons. The van der Waals surface area contributed by atoms with Crippen molar-refractivity contribution in [2.24, 2.45) is 4.99 Å². The maximum absolute atomic E-state index is 4.27. The molecular formula is C11H14N2. The molecule has 2 nitrogen and oxygen atoms in total. The topological polar surface area (TPSA) is 24.4 Å². The number of rotatable bonds is 2. The van der Waals surface area contributed by atoms with Crippen LogP contribution >= 0.6 is 0 Å². The third-order valence-corrected chi connectivity index (χ3v) is 2.24. The fourth-order valence-corrected chi connectivity index (χ4v) is 1.55. The van der Waals surface area contributed by atoms with Crippen LogP contribution in [0.1, 0.15) is 12.8 Å². The summed E-state index contributed by atoms with van der Waals surface area (Å²) in [6, 6.07) is 10.8. The molecule has 1 unspecified atom stereocenters. The second-order valence-corrected chi connectivity index (χ2v) is 3.33. The number of para-hydroxylation sites is 1. The van der Waals surface area contributed by atoms with Gasteiger partial charge >= 0.3 is 0 Å². The molecule has 1 N–H and O–H groups in total. The molecule has 2 rings (SSSR count). The molecule has 68 valence electrons. The van der Waals surface area contributed by atoms with Crippen LogP contribution in [-0.2, 0) is 0 Å². The molecule has 1 aromatic rings.